The number of nitrogens with one attached hydrogen (secondary N) is 1. The molecule has 0 aromatic heterocycles. The Kier molecular flexibility index (Phi) is 5.05. The number of ether oxygens (including phenoxy) is 1. The van der Waals surface area contributed by atoms with Crippen molar-refractivity contribution in [3.05, 3.63) is 71.8 Å². The molecule has 1 saturated heterocycles. The number of amides is 3. The molecule has 4 rings (SSSR count). The highest BCUT2D eigenvalue weighted by atomic mass is 19.1. The number of fused-ring (bicyclic) bond motifs is 1. The number of dihydropyridines is 1. The van der Waals surface area contributed by atoms with Crippen LogP contribution in [0.1, 0.15) is 26.3 Å². The van der Waals surface area contributed by atoms with Gasteiger partial charge in [-0.1, -0.05) is 51.1 Å². The van der Waals surface area contributed by atoms with Crippen molar-refractivity contribution >= 4 is 34.4 Å². The SMILES string of the molecule is CC(C)(C)C(/C=C1\OC(=O)NC1=O)C1C=CC(c2ccc3cccc(F)c3c2)=NC1=O. The molecule has 2 aromatic carbocycles. The first-order valence-corrected chi connectivity index (χ1v) is 9.88. The van der Waals surface area contributed by atoms with Crippen molar-refractivity contribution in [2.45, 2.75) is 20.8 Å². The van der Waals surface area contributed by atoms with Crippen molar-refractivity contribution in [1.29, 1.82) is 0 Å². The summed E-state index contributed by atoms with van der Waals surface area (Å²) in [5.41, 5.74) is 0.652. The van der Waals surface area contributed by atoms with E-state index in [1.165, 1.54) is 12.1 Å². The predicted molar refractivity (Wildman–Crippen MR) is 114 cm³/mol. The van der Waals surface area contributed by atoms with Crippen LogP contribution in [0.4, 0.5) is 9.18 Å². The van der Waals surface area contributed by atoms with E-state index in [9.17, 15) is 18.8 Å². The lowest BCUT2D eigenvalue weighted by Crippen LogP contribution is -2.33. The molecule has 31 heavy (non-hydrogen) atoms. The van der Waals surface area contributed by atoms with Crippen LogP contribution < -0.4 is 5.32 Å². The molecular formula is C24H21FN2O4. The molecule has 2 aromatic rings. The average Bonchev–Trinajstić information content (AvgIpc) is 3.02. The molecule has 1 fully saturated rings. The van der Waals surface area contributed by atoms with E-state index in [4.69, 9.17) is 4.74 Å². The Labute approximate surface area is 178 Å². The number of alkyl carbamates (subject to hydrolysis) is 1. The molecule has 0 bridgehead atoms. The van der Waals surface area contributed by atoms with Crippen molar-refractivity contribution in [3.8, 4) is 0 Å². The number of benzene rings is 2. The standard InChI is InChI=1S/C24H21FN2O4/c1-24(2,3)17(12-20-22(29)27-23(30)31-20)15-9-10-19(26-21(15)28)14-8-7-13-5-4-6-18(25)16(13)11-14/h4-12,15,17H,1-3H3,(H,27,29,30)/b20-12-. The highest BCUT2D eigenvalue weighted by Gasteiger charge is 2.38. The minimum Gasteiger partial charge on any atom is -0.404 e. The molecule has 0 aliphatic carbocycles. The molecule has 2 unspecified atom stereocenters. The topological polar surface area (TPSA) is 84.8 Å². The summed E-state index contributed by atoms with van der Waals surface area (Å²) in [6.07, 6.45) is 4.14. The van der Waals surface area contributed by atoms with Crippen LogP contribution >= 0.6 is 0 Å². The molecule has 2 atom stereocenters. The molecule has 2 heterocycles. The van der Waals surface area contributed by atoms with Crippen molar-refractivity contribution < 1.29 is 23.5 Å². The van der Waals surface area contributed by atoms with E-state index in [2.05, 4.69) is 10.3 Å². The number of cyclic esters (lactones) is 1. The largest absolute Gasteiger partial charge is 0.419 e. The molecule has 2 aliphatic heterocycles. The number of carbonyl (C=O) groups is 3. The van der Waals surface area contributed by atoms with E-state index in [1.54, 1.807) is 36.4 Å². The molecule has 2 aliphatic rings. The number of halogens is 1. The van der Waals surface area contributed by atoms with Crippen LogP contribution in [0.15, 0.2) is 65.4 Å². The maximum absolute atomic E-state index is 14.2. The summed E-state index contributed by atoms with van der Waals surface area (Å²) < 4.78 is 19.1. The van der Waals surface area contributed by atoms with E-state index in [1.807, 2.05) is 26.8 Å². The molecule has 1 N–H and O–H groups in total. The van der Waals surface area contributed by atoms with Gasteiger partial charge < -0.3 is 4.74 Å². The molecule has 158 valence electrons. The van der Waals surface area contributed by atoms with Gasteiger partial charge >= 0.3 is 6.09 Å². The fourth-order valence-corrected chi connectivity index (χ4v) is 3.83. The van der Waals surface area contributed by atoms with Crippen molar-refractivity contribution in [2.75, 3.05) is 0 Å². The first-order chi connectivity index (χ1) is 14.6. The van der Waals surface area contributed by atoms with E-state index in [-0.39, 0.29) is 17.5 Å². The van der Waals surface area contributed by atoms with E-state index in [0.717, 1.165) is 5.39 Å². The molecular weight excluding hydrogens is 399 g/mol. The third kappa shape index (κ3) is 4.03. The second kappa shape index (κ2) is 7.58. The van der Waals surface area contributed by atoms with Gasteiger partial charge in [0, 0.05) is 16.9 Å². The van der Waals surface area contributed by atoms with Crippen LogP contribution in [0, 0.1) is 23.1 Å². The Hall–Kier alpha value is -3.61. The van der Waals surface area contributed by atoms with Crippen molar-refractivity contribution in [1.82, 2.24) is 5.32 Å². The third-order valence-electron chi connectivity index (χ3n) is 5.46. The van der Waals surface area contributed by atoms with Crippen molar-refractivity contribution in [3.63, 3.8) is 0 Å². The van der Waals surface area contributed by atoms with Gasteiger partial charge in [0.25, 0.3) is 11.8 Å². The fraction of sp³-hybridized carbons (Fsp3) is 0.250. The second-order valence-corrected chi connectivity index (χ2v) is 8.66. The number of rotatable bonds is 3. The van der Waals surface area contributed by atoms with Crippen LogP contribution in [0.25, 0.3) is 10.8 Å². The first kappa shape index (κ1) is 20.7. The molecule has 0 spiro atoms. The van der Waals surface area contributed by atoms with E-state index < -0.39 is 29.3 Å². The quantitative estimate of drug-likeness (QED) is 0.751. The zero-order chi connectivity index (χ0) is 22.3. The van der Waals surface area contributed by atoms with Gasteiger partial charge in [0.05, 0.1) is 11.6 Å². The van der Waals surface area contributed by atoms with Crippen LogP contribution in [-0.4, -0.2) is 23.6 Å². The van der Waals surface area contributed by atoms with Crippen LogP contribution in [0.3, 0.4) is 0 Å². The summed E-state index contributed by atoms with van der Waals surface area (Å²) in [5.74, 6) is -2.55. The zero-order valence-electron chi connectivity index (χ0n) is 17.3. The number of hydrogen-bond donors (Lipinski definition) is 1. The van der Waals surface area contributed by atoms with Gasteiger partial charge in [0.2, 0.25) is 0 Å². The van der Waals surface area contributed by atoms with Crippen LogP contribution in [0.2, 0.25) is 0 Å². The summed E-state index contributed by atoms with van der Waals surface area (Å²) in [5, 5.41) is 3.27. The molecule has 6 nitrogen and oxygen atoms in total. The van der Waals surface area contributed by atoms with Gasteiger partial charge in [0.15, 0.2) is 5.76 Å². The van der Waals surface area contributed by atoms with Gasteiger partial charge in [-0.2, -0.15) is 0 Å². The smallest absolute Gasteiger partial charge is 0.404 e. The number of imide groups is 1. The maximum atomic E-state index is 14.2. The molecule has 3 amide bonds. The fourth-order valence-electron chi connectivity index (χ4n) is 3.83. The lowest BCUT2D eigenvalue weighted by molar-refractivity contribution is -0.122. The van der Waals surface area contributed by atoms with Crippen LogP contribution in [-0.2, 0) is 14.3 Å². The Morgan fingerprint density at radius 3 is 2.58 bits per heavy atom. The summed E-state index contributed by atoms with van der Waals surface area (Å²) in [6.45, 7) is 5.78. The third-order valence-corrected chi connectivity index (χ3v) is 5.46. The minimum absolute atomic E-state index is 0.120. The Bertz CT molecular complexity index is 1200. The average molecular weight is 420 g/mol. The van der Waals surface area contributed by atoms with Gasteiger partial charge in [-0.15, -0.1) is 0 Å². The highest BCUT2D eigenvalue weighted by Crippen LogP contribution is 2.37. The van der Waals surface area contributed by atoms with Gasteiger partial charge in [-0.3, -0.25) is 14.9 Å². The van der Waals surface area contributed by atoms with Gasteiger partial charge in [-0.05, 0) is 35.1 Å². The summed E-state index contributed by atoms with van der Waals surface area (Å²) in [4.78, 5) is 40.4. The maximum Gasteiger partial charge on any atom is 0.419 e. The number of carbonyl (C=O) groups excluding carboxylic acids is 3. The monoisotopic (exact) mass is 420 g/mol. The lowest BCUT2D eigenvalue weighted by Gasteiger charge is -2.33. The Morgan fingerprint density at radius 1 is 1.16 bits per heavy atom. The first-order valence-electron chi connectivity index (χ1n) is 9.88. The van der Waals surface area contributed by atoms with Crippen molar-refractivity contribution in [2.24, 2.45) is 22.2 Å². The van der Waals surface area contributed by atoms with E-state index >= 15 is 0 Å². The Morgan fingerprint density at radius 2 is 1.94 bits per heavy atom. The predicted octanol–water partition coefficient (Wildman–Crippen LogP) is 4.29. The lowest BCUT2D eigenvalue weighted by atomic mass is 9.71. The normalized spacial score (nSPS) is 21.3. The number of allylic oxidation sites excluding steroid dienone is 2. The van der Waals surface area contributed by atoms with Gasteiger partial charge in [-0.25, -0.2) is 14.2 Å². The molecule has 0 radical (unpaired) electrons. The second-order valence-electron chi connectivity index (χ2n) is 8.66. The molecule has 7 heteroatoms. The summed E-state index contributed by atoms with van der Waals surface area (Å²) in [7, 11) is 0. The number of hydrogen-bond acceptors (Lipinski definition) is 4. The highest BCUT2D eigenvalue weighted by molar-refractivity contribution is 6.16. The minimum atomic E-state index is -0.835. The molecule has 0 saturated carbocycles. The zero-order valence-corrected chi connectivity index (χ0v) is 17.3. The summed E-state index contributed by atoms with van der Waals surface area (Å²) in [6, 6.07) is 10.1. The van der Waals surface area contributed by atoms with Crippen LogP contribution in [0.5, 0.6) is 0 Å². The number of aliphatic imine (C=N–C) groups is 1. The Balaban J connectivity index is 1.66. The van der Waals surface area contributed by atoms with E-state index in [0.29, 0.717) is 16.7 Å². The summed E-state index contributed by atoms with van der Waals surface area (Å²) >= 11 is 0. The van der Waals surface area contributed by atoms with Gasteiger partial charge in [0.1, 0.15) is 5.82 Å². The number of nitrogens with zero attached hydrogens (tertiary/aromatic N) is 1.